The highest BCUT2D eigenvalue weighted by Gasteiger charge is 2.27. The topological polar surface area (TPSA) is 71.8 Å². The predicted molar refractivity (Wildman–Crippen MR) is 86.9 cm³/mol. The number of furan rings is 1. The summed E-state index contributed by atoms with van der Waals surface area (Å²) < 4.78 is 10.7. The number of nitrogens with zero attached hydrogens (tertiary/aromatic N) is 1. The Hall–Kier alpha value is -2.12. The molecule has 2 unspecified atom stereocenters. The Morgan fingerprint density at radius 3 is 2.61 bits per heavy atom. The zero-order valence-corrected chi connectivity index (χ0v) is 13.8. The number of nitrogens with one attached hydrogen (secondary N) is 1. The maximum Gasteiger partial charge on any atom is 0.291 e. The predicted octanol–water partition coefficient (Wildman–Crippen LogP) is 2.84. The van der Waals surface area contributed by atoms with Crippen LogP contribution < -0.4 is 5.32 Å². The first-order valence-electron chi connectivity index (χ1n) is 7.42. The summed E-state index contributed by atoms with van der Waals surface area (Å²) in [5.74, 6) is -0.123. The van der Waals surface area contributed by atoms with E-state index in [2.05, 4.69) is 5.32 Å². The van der Waals surface area contributed by atoms with Crippen LogP contribution in [-0.4, -0.2) is 42.0 Å². The summed E-state index contributed by atoms with van der Waals surface area (Å²) >= 11 is 1.26. The summed E-state index contributed by atoms with van der Waals surface area (Å²) in [5.41, 5.74) is 0. The average molecular weight is 334 g/mol. The quantitative estimate of drug-likeness (QED) is 0.937. The Labute approximate surface area is 138 Å². The zero-order chi connectivity index (χ0) is 16.4. The van der Waals surface area contributed by atoms with Crippen LogP contribution in [-0.2, 0) is 4.74 Å². The number of hydrogen-bond donors (Lipinski definition) is 1. The number of morpholine rings is 1. The van der Waals surface area contributed by atoms with Crippen LogP contribution >= 0.6 is 11.3 Å². The SMILES string of the molecule is CC1CN(C(=O)c2ccc(NC(=O)c3ccco3)s2)CC(C)O1. The van der Waals surface area contributed by atoms with Crippen molar-refractivity contribution in [1.82, 2.24) is 4.90 Å². The lowest BCUT2D eigenvalue weighted by atomic mass is 10.2. The molecule has 1 saturated heterocycles. The molecule has 2 aromatic heterocycles. The van der Waals surface area contributed by atoms with Gasteiger partial charge in [0.25, 0.3) is 11.8 Å². The highest BCUT2D eigenvalue weighted by Crippen LogP contribution is 2.25. The van der Waals surface area contributed by atoms with Crippen molar-refractivity contribution < 1.29 is 18.7 Å². The van der Waals surface area contributed by atoms with Crippen LogP contribution in [0.4, 0.5) is 5.00 Å². The number of carbonyl (C=O) groups excluding carboxylic acids is 2. The second-order valence-corrected chi connectivity index (χ2v) is 6.65. The number of hydrogen-bond acceptors (Lipinski definition) is 5. The van der Waals surface area contributed by atoms with Crippen LogP contribution in [0.5, 0.6) is 0 Å². The van der Waals surface area contributed by atoms with Crippen LogP contribution in [0.15, 0.2) is 34.9 Å². The fourth-order valence-corrected chi connectivity index (χ4v) is 3.47. The smallest absolute Gasteiger partial charge is 0.291 e. The van der Waals surface area contributed by atoms with Gasteiger partial charge in [-0.15, -0.1) is 11.3 Å². The molecule has 0 saturated carbocycles. The summed E-state index contributed by atoms with van der Waals surface area (Å²) in [5, 5.41) is 3.35. The Bertz CT molecular complexity index is 685. The minimum Gasteiger partial charge on any atom is -0.459 e. The van der Waals surface area contributed by atoms with Gasteiger partial charge >= 0.3 is 0 Å². The molecule has 0 aromatic carbocycles. The molecule has 0 aliphatic carbocycles. The third-order valence-electron chi connectivity index (χ3n) is 3.51. The van der Waals surface area contributed by atoms with E-state index in [-0.39, 0.29) is 29.8 Å². The minimum atomic E-state index is -0.329. The molecule has 3 heterocycles. The standard InChI is InChI=1S/C16H18N2O4S/c1-10-8-18(9-11(2)22-10)16(20)13-5-6-14(23-13)17-15(19)12-4-3-7-21-12/h3-7,10-11H,8-9H2,1-2H3,(H,17,19). The van der Waals surface area contributed by atoms with E-state index in [0.717, 1.165) is 0 Å². The van der Waals surface area contributed by atoms with Crippen molar-refractivity contribution >= 4 is 28.2 Å². The molecule has 7 heteroatoms. The maximum absolute atomic E-state index is 12.6. The monoisotopic (exact) mass is 334 g/mol. The van der Waals surface area contributed by atoms with Gasteiger partial charge in [-0.1, -0.05) is 0 Å². The summed E-state index contributed by atoms with van der Waals surface area (Å²) in [7, 11) is 0. The second kappa shape index (κ2) is 6.55. The van der Waals surface area contributed by atoms with Gasteiger partial charge < -0.3 is 19.4 Å². The van der Waals surface area contributed by atoms with E-state index in [1.165, 1.54) is 17.6 Å². The lowest BCUT2D eigenvalue weighted by Gasteiger charge is -2.35. The van der Waals surface area contributed by atoms with Crippen molar-refractivity contribution in [3.63, 3.8) is 0 Å². The van der Waals surface area contributed by atoms with E-state index < -0.39 is 0 Å². The summed E-state index contributed by atoms with van der Waals surface area (Å²) in [6.45, 7) is 5.07. The molecule has 0 spiro atoms. The summed E-state index contributed by atoms with van der Waals surface area (Å²) in [6.07, 6.45) is 1.50. The lowest BCUT2D eigenvalue weighted by Crippen LogP contribution is -2.48. The average Bonchev–Trinajstić information content (AvgIpc) is 3.16. The first kappa shape index (κ1) is 15.8. The van der Waals surface area contributed by atoms with Crippen LogP contribution in [0.25, 0.3) is 0 Å². The van der Waals surface area contributed by atoms with Gasteiger partial charge in [-0.2, -0.15) is 0 Å². The molecule has 2 atom stereocenters. The number of carbonyl (C=O) groups is 2. The van der Waals surface area contributed by atoms with E-state index in [0.29, 0.717) is 23.0 Å². The van der Waals surface area contributed by atoms with Crippen molar-refractivity contribution in [3.05, 3.63) is 41.2 Å². The molecule has 2 amide bonds. The van der Waals surface area contributed by atoms with Crippen molar-refractivity contribution in [2.24, 2.45) is 0 Å². The molecule has 23 heavy (non-hydrogen) atoms. The number of thiophene rings is 1. The molecule has 6 nitrogen and oxygen atoms in total. The molecule has 1 N–H and O–H groups in total. The third-order valence-corrected chi connectivity index (χ3v) is 4.49. The number of anilines is 1. The molecular weight excluding hydrogens is 316 g/mol. The van der Waals surface area contributed by atoms with Gasteiger partial charge in [0.1, 0.15) is 0 Å². The van der Waals surface area contributed by atoms with Crippen molar-refractivity contribution in [1.29, 1.82) is 0 Å². The molecule has 1 aliphatic heterocycles. The number of ether oxygens (including phenoxy) is 1. The largest absolute Gasteiger partial charge is 0.459 e. The maximum atomic E-state index is 12.6. The Morgan fingerprint density at radius 1 is 1.22 bits per heavy atom. The van der Waals surface area contributed by atoms with Gasteiger partial charge in [0, 0.05) is 13.1 Å². The van der Waals surface area contributed by atoms with E-state index in [1.54, 1.807) is 29.2 Å². The van der Waals surface area contributed by atoms with E-state index in [1.807, 2.05) is 13.8 Å². The normalized spacial score (nSPS) is 21.2. The number of rotatable bonds is 3. The summed E-state index contributed by atoms with van der Waals surface area (Å²) in [6, 6.07) is 6.70. The van der Waals surface area contributed by atoms with Crippen LogP contribution in [0, 0.1) is 0 Å². The van der Waals surface area contributed by atoms with Crippen molar-refractivity contribution in [3.8, 4) is 0 Å². The van der Waals surface area contributed by atoms with E-state index in [9.17, 15) is 9.59 Å². The van der Waals surface area contributed by atoms with Crippen molar-refractivity contribution in [2.45, 2.75) is 26.1 Å². The van der Waals surface area contributed by atoms with E-state index >= 15 is 0 Å². The van der Waals surface area contributed by atoms with Gasteiger partial charge in [-0.25, -0.2) is 0 Å². The molecule has 2 aromatic rings. The first-order valence-corrected chi connectivity index (χ1v) is 8.24. The molecule has 3 rings (SSSR count). The minimum absolute atomic E-state index is 0.0285. The fourth-order valence-electron chi connectivity index (χ4n) is 2.60. The zero-order valence-electron chi connectivity index (χ0n) is 12.9. The molecule has 0 bridgehead atoms. The van der Waals surface area contributed by atoms with Gasteiger partial charge in [-0.05, 0) is 38.1 Å². The fraction of sp³-hybridized carbons (Fsp3) is 0.375. The Morgan fingerprint density at radius 2 is 1.96 bits per heavy atom. The molecule has 1 fully saturated rings. The van der Waals surface area contributed by atoms with Gasteiger partial charge in [-0.3, -0.25) is 9.59 Å². The van der Waals surface area contributed by atoms with Gasteiger partial charge in [0.05, 0.1) is 28.3 Å². The van der Waals surface area contributed by atoms with Crippen LogP contribution in [0.2, 0.25) is 0 Å². The molecule has 122 valence electrons. The molecular formula is C16H18N2O4S. The summed E-state index contributed by atoms with van der Waals surface area (Å²) in [4.78, 5) is 26.9. The molecule has 0 radical (unpaired) electrons. The third kappa shape index (κ3) is 3.62. The lowest BCUT2D eigenvalue weighted by molar-refractivity contribution is -0.0585. The van der Waals surface area contributed by atoms with Crippen LogP contribution in [0.3, 0.4) is 0 Å². The van der Waals surface area contributed by atoms with Gasteiger partial charge in [0.2, 0.25) is 0 Å². The van der Waals surface area contributed by atoms with E-state index in [4.69, 9.17) is 9.15 Å². The second-order valence-electron chi connectivity index (χ2n) is 5.56. The number of amides is 2. The Kier molecular flexibility index (Phi) is 4.49. The highest BCUT2D eigenvalue weighted by atomic mass is 32.1. The van der Waals surface area contributed by atoms with Gasteiger partial charge in [0.15, 0.2) is 5.76 Å². The highest BCUT2D eigenvalue weighted by molar-refractivity contribution is 7.18. The Balaban J connectivity index is 1.66. The van der Waals surface area contributed by atoms with Crippen molar-refractivity contribution in [2.75, 3.05) is 18.4 Å². The first-order chi connectivity index (χ1) is 11.0. The van der Waals surface area contributed by atoms with Crippen LogP contribution in [0.1, 0.15) is 34.1 Å². The molecule has 1 aliphatic rings.